The summed E-state index contributed by atoms with van der Waals surface area (Å²) in [6, 6.07) is 8.58. The molecule has 2 heterocycles. The quantitative estimate of drug-likeness (QED) is 0.348. The zero-order chi connectivity index (χ0) is 22.6. The summed E-state index contributed by atoms with van der Waals surface area (Å²) >= 11 is 3.76. The van der Waals surface area contributed by atoms with Crippen molar-refractivity contribution in [2.75, 3.05) is 0 Å². The van der Waals surface area contributed by atoms with E-state index in [1.807, 2.05) is 6.07 Å². The first-order valence-electron chi connectivity index (χ1n) is 12.5. The van der Waals surface area contributed by atoms with E-state index in [9.17, 15) is 4.79 Å². The number of aryl methyl sites for hydroxylation is 1. The normalized spacial score (nSPS) is 17.7. The van der Waals surface area contributed by atoms with Crippen LogP contribution in [0.2, 0.25) is 0 Å². The highest BCUT2D eigenvalue weighted by Crippen LogP contribution is 2.35. The molecule has 0 radical (unpaired) electrons. The molecule has 2 aromatic heterocycles. The van der Waals surface area contributed by atoms with Gasteiger partial charge in [0.15, 0.2) is 0 Å². The SMILES string of the molecule is O=c1[nH]nc(C2=CCCCC=C2)cc1-c1[nH]c2cc(CCC3CCCCCC3)ccc2c1Br. The van der Waals surface area contributed by atoms with E-state index in [-0.39, 0.29) is 5.56 Å². The Morgan fingerprint density at radius 3 is 2.73 bits per heavy atom. The molecule has 1 fully saturated rings. The molecule has 5 rings (SSSR count). The lowest BCUT2D eigenvalue weighted by molar-refractivity contribution is 0.428. The molecule has 0 atom stereocenters. The van der Waals surface area contributed by atoms with E-state index < -0.39 is 0 Å². The van der Waals surface area contributed by atoms with Gasteiger partial charge in [0, 0.05) is 10.9 Å². The molecule has 1 aromatic carbocycles. The number of aromatic nitrogens is 3. The van der Waals surface area contributed by atoms with Gasteiger partial charge >= 0.3 is 0 Å². The fourth-order valence-electron chi connectivity index (χ4n) is 5.28. The minimum atomic E-state index is -0.183. The Hall–Kier alpha value is -2.40. The van der Waals surface area contributed by atoms with Crippen LogP contribution in [-0.4, -0.2) is 15.2 Å². The third-order valence-corrected chi connectivity index (χ3v) is 8.04. The second kappa shape index (κ2) is 10.3. The zero-order valence-electron chi connectivity index (χ0n) is 19.1. The topological polar surface area (TPSA) is 61.5 Å². The first-order valence-corrected chi connectivity index (χ1v) is 13.3. The molecule has 5 heteroatoms. The number of nitrogens with zero attached hydrogens (tertiary/aromatic N) is 1. The van der Waals surface area contributed by atoms with Crippen LogP contribution in [0.15, 0.2) is 51.8 Å². The molecule has 0 saturated heterocycles. The average molecular weight is 506 g/mol. The van der Waals surface area contributed by atoms with Crippen molar-refractivity contribution < 1.29 is 0 Å². The molecule has 1 saturated carbocycles. The van der Waals surface area contributed by atoms with Crippen LogP contribution in [0.25, 0.3) is 27.7 Å². The molecule has 4 nitrogen and oxygen atoms in total. The first kappa shape index (κ1) is 22.4. The van der Waals surface area contributed by atoms with Crippen LogP contribution in [0.1, 0.15) is 75.5 Å². The van der Waals surface area contributed by atoms with Crippen LogP contribution < -0.4 is 5.56 Å². The minimum Gasteiger partial charge on any atom is -0.353 e. The van der Waals surface area contributed by atoms with Crippen LogP contribution in [0.3, 0.4) is 0 Å². The maximum atomic E-state index is 12.7. The molecule has 0 aliphatic heterocycles. The summed E-state index contributed by atoms with van der Waals surface area (Å²) in [5.74, 6) is 0.871. The van der Waals surface area contributed by atoms with Gasteiger partial charge in [-0.05, 0) is 77.2 Å². The second-order valence-electron chi connectivity index (χ2n) is 9.58. The summed E-state index contributed by atoms with van der Waals surface area (Å²) in [4.78, 5) is 16.2. The first-order chi connectivity index (χ1) is 16.2. The number of halogens is 1. The Morgan fingerprint density at radius 2 is 1.88 bits per heavy atom. The molecule has 2 aliphatic carbocycles. The number of allylic oxidation sites excluding steroid dienone is 4. The maximum Gasteiger partial charge on any atom is 0.273 e. The van der Waals surface area contributed by atoms with Crippen LogP contribution in [-0.2, 0) is 6.42 Å². The van der Waals surface area contributed by atoms with Crippen LogP contribution >= 0.6 is 15.9 Å². The monoisotopic (exact) mass is 505 g/mol. The third-order valence-electron chi connectivity index (χ3n) is 7.22. The highest BCUT2D eigenvalue weighted by atomic mass is 79.9. The number of nitrogens with one attached hydrogen (secondary N) is 2. The lowest BCUT2D eigenvalue weighted by atomic mass is 9.93. The third kappa shape index (κ3) is 5.08. The fourth-order valence-corrected chi connectivity index (χ4v) is 5.93. The molecule has 2 aliphatic rings. The van der Waals surface area contributed by atoms with Gasteiger partial charge in [-0.1, -0.05) is 68.9 Å². The molecule has 0 bridgehead atoms. The van der Waals surface area contributed by atoms with Gasteiger partial charge in [0.1, 0.15) is 0 Å². The Labute approximate surface area is 203 Å². The summed E-state index contributed by atoms with van der Waals surface area (Å²) in [6.07, 6.45) is 20.5. The van der Waals surface area contributed by atoms with Crippen molar-refractivity contribution in [2.45, 2.75) is 70.6 Å². The molecule has 0 spiro atoms. The predicted molar refractivity (Wildman–Crippen MR) is 140 cm³/mol. The van der Waals surface area contributed by atoms with E-state index in [1.165, 1.54) is 50.5 Å². The van der Waals surface area contributed by atoms with Crippen LogP contribution in [0.4, 0.5) is 0 Å². The standard InChI is InChI=1S/C28H32BrN3O/c29-26-22-16-15-20(14-13-19-9-5-1-2-6-10-19)17-25(22)30-27(26)23-18-24(31-32-28(23)33)21-11-7-3-4-8-12-21/h7,11-12,15-19,30H,1-6,8-10,13-14H2,(H,32,33). The summed E-state index contributed by atoms with van der Waals surface area (Å²) < 4.78 is 0.931. The van der Waals surface area contributed by atoms with E-state index >= 15 is 0 Å². The van der Waals surface area contributed by atoms with Gasteiger partial charge in [-0.15, -0.1) is 0 Å². The number of H-pyrrole nitrogens is 2. The largest absolute Gasteiger partial charge is 0.353 e. The molecule has 0 unspecified atom stereocenters. The van der Waals surface area contributed by atoms with Crippen LogP contribution in [0, 0.1) is 5.92 Å². The zero-order valence-corrected chi connectivity index (χ0v) is 20.7. The summed E-state index contributed by atoms with van der Waals surface area (Å²) in [5.41, 5.74) is 5.55. The van der Waals surface area contributed by atoms with Crippen molar-refractivity contribution in [1.82, 2.24) is 15.2 Å². The number of rotatable bonds is 5. The molecular formula is C28H32BrN3O. The molecule has 0 amide bonds. The number of hydrogen-bond donors (Lipinski definition) is 2. The Bertz CT molecular complexity index is 1240. The van der Waals surface area contributed by atoms with Gasteiger partial charge in [0.05, 0.1) is 21.4 Å². The van der Waals surface area contributed by atoms with E-state index in [0.29, 0.717) is 5.56 Å². The van der Waals surface area contributed by atoms with Gasteiger partial charge in [-0.25, -0.2) is 5.10 Å². The Kier molecular flexibility index (Phi) is 6.96. The summed E-state index contributed by atoms with van der Waals surface area (Å²) in [5, 5.41) is 8.13. The molecular weight excluding hydrogens is 474 g/mol. The molecule has 172 valence electrons. The van der Waals surface area contributed by atoms with E-state index in [0.717, 1.165) is 63.9 Å². The van der Waals surface area contributed by atoms with Crippen molar-refractivity contribution in [1.29, 1.82) is 0 Å². The highest BCUT2D eigenvalue weighted by Gasteiger charge is 2.17. The average Bonchev–Trinajstić information content (AvgIpc) is 3.09. The van der Waals surface area contributed by atoms with Gasteiger partial charge in [-0.3, -0.25) is 4.79 Å². The highest BCUT2D eigenvalue weighted by molar-refractivity contribution is 9.10. The summed E-state index contributed by atoms with van der Waals surface area (Å²) in [6.45, 7) is 0. The lowest BCUT2D eigenvalue weighted by Crippen LogP contribution is -2.12. The Morgan fingerprint density at radius 1 is 1.03 bits per heavy atom. The van der Waals surface area contributed by atoms with Gasteiger partial charge in [-0.2, -0.15) is 5.10 Å². The maximum absolute atomic E-state index is 12.7. The predicted octanol–water partition coefficient (Wildman–Crippen LogP) is 7.71. The van der Waals surface area contributed by atoms with E-state index in [1.54, 1.807) is 0 Å². The lowest BCUT2D eigenvalue weighted by Gasteiger charge is -2.13. The number of benzene rings is 1. The minimum absolute atomic E-state index is 0.183. The molecule has 2 N–H and O–H groups in total. The van der Waals surface area contributed by atoms with Gasteiger partial charge < -0.3 is 4.98 Å². The smallest absolute Gasteiger partial charge is 0.273 e. The van der Waals surface area contributed by atoms with Gasteiger partial charge in [0.2, 0.25) is 0 Å². The second-order valence-corrected chi connectivity index (χ2v) is 10.4. The van der Waals surface area contributed by atoms with Crippen molar-refractivity contribution in [2.24, 2.45) is 5.92 Å². The van der Waals surface area contributed by atoms with Crippen molar-refractivity contribution >= 4 is 32.4 Å². The fraction of sp³-hybridized carbons (Fsp3) is 0.429. The van der Waals surface area contributed by atoms with Crippen molar-refractivity contribution in [3.8, 4) is 11.3 Å². The summed E-state index contributed by atoms with van der Waals surface area (Å²) in [7, 11) is 0. The molecule has 33 heavy (non-hydrogen) atoms. The molecule has 3 aromatic rings. The number of aromatic amines is 2. The van der Waals surface area contributed by atoms with E-state index in [2.05, 4.69) is 67.5 Å². The number of fused-ring (bicyclic) bond motifs is 1. The van der Waals surface area contributed by atoms with Crippen LogP contribution in [0.5, 0.6) is 0 Å². The Balaban J connectivity index is 1.43. The van der Waals surface area contributed by atoms with E-state index in [4.69, 9.17) is 0 Å². The number of hydrogen-bond acceptors (Lipinski definition) is 2. The van der Waals surface area contributed by atoms with Crippen molar-refractivity contribution in [3.63, 3.8) is 0 Å². The van der Waals surface area contributed by atoms with Crippen molar-refractivity contribution in [3.05, 3.63) is 68.6 Å². The van der Waals surface area contributed by atoms with Gasteiger partial charge in [0.25, 0.3) is 5.56 Å².